The Bertz CT molecular complexity index is 846. The molecule has 1 atom stereocenters. The highest BCUT2D eigenvalue weighted by atomic mass is 32.2. The van der Waals surface area contributed by atoms with Gasteiger partial charge in [0.2, 0.25) is 10.0 Å². The minimum atomic E-state index is -3.60. The van der Waals surface area contributed by atoms with Crippen molar-refractivity contribution in [3.05, 3.63) is 65.7 Å². The summed E-state index contributed by atoms with van der Waals surface area (Å²) in [4.78, 5) is 11.8. The second-order valence-corrected chi connectivity index (χ2v) is 8.49. The number of nitrogens with zero attached hydrogens (tertiary/aromatic N) is 1. The van der Waals surface area contributed by atoms with Crippen molar-refractivity contribution in [1.82, 2.24) is 4.31 Å². The minimum Gasteiger partial charge on any atom is -0.295 e. The van der Waals surface area contributed by atoms with Gasteiger partial charge in [-0.25, -0.2) is 8.42 Å². The summed E-state index contributed by atoms with van der Waals surface area (Å²) in [6, 6.07) is 16.4. The molecule has 0 spiro atoms. The molecule has 0 saturated carbocycles. The topological polar surface area (TPSA) is 54.5 Å². The molecule has 1 fully saturated rings. The van der Waals surface area contributed by atoms with Gasteiger partial charge >= 0.3 is 0 Å². The molecule has 5 heteroatoms. The number of benzene rings is 2. The van der Waals surface area contributed by atoms with Crippen LogP contribution in [0.25, 0.3) is 0 Å². The first-order valence-electron chi connectivity index (χ1n) is 8.64. The van der Waals surface area contributed by atoms with Gasteiger partial charge in [0.05, 0.1) is 4.90 Å². The Morgan fingerprint density at radius 3 is 2.52 bits per heavy atom. The van der Waals surface area contributed by atoms with Crippen LogP contribution in [0.5, 0.6) is 0 Å². The number of sulfonamides is 1. The summed E-state index contributed by atoms with van der Waals surface area (Å²) in [6.07, 6.45) is 2.86. The molecular weight excluding hydrogens is 334 g/mol. The molecule has 0 amide bonds. The maximum Gasteiger partial charge on any atom is 0.243 e. The van der Waals surface area contributed by atoms with Gasteiger partial charge in [-0.3, -0.25) is 4.79 Å². The highest BCUT2D eigenvalue weighted by molar-refractivity contribution is 7.89. The van der Waals surface area contributed by atoms with Gasteiger partial charge < -0.3 is 0 Å². The summed E-state index contributed by atoms with van der Waals surface area (Å²) in [5, 5.41) is 0. The molecule has 0 aromatic heterocycles. The number of carbonyl (C=O) groups is 1. The highest BCUT2D eigenvalue weighted by Crippen LogP contribution is 2.29. The van der Waals surface area contributed by atoms with E-state index in [9.17, 15) is 13.2 Å². The fourth-order valence-corrected chi connectivity index (χ4v) is 4.92. The number of hydrogen-bond donors (Lipinski definition) is 0. The van der Waals surface area contributed by atoms with Crippen molar-refractivity contribution >= 4 is 15.8 Å². The summed E-state index contributed by atoms with van der Waals surface area (Å²) < 4.78 is 27.8. The van der Waals surface area contributed by atoms with Crippen LogP contribution in [-0.2, 0) is 10.0 Å². The number of Topliss-reactive ketones (excluding diaryl/α,β-unsaturated/α-hetero) is 1. The Balaban J connectivity index is 1.90. The number of hydrogen-bond acceptors (Lipinski definition) is 3. The quantitative estimate of drug-likeness (QED) is 0.781. The Morgan fingerprint density at radius 1 is 1.04 bits per heavy atom. The van der Waals surface area contributed by atoms with E-state index in [1.165, 1.54) is 18.6 Å². The van der Waals surface area contributed by atoms with Crippen molar-refractivity contribution in [1.29, 1.82) is 0 Å². The maximum absolute atomic E-state index is 13.1. The second kappa shape index (κ2) is 7.50. The van der Waals surface area contributed by atoms with Crippen molar-refractivity contribution in [2.24, 2.45) is 0 Å². The van der Waals surface area contributed by atoms with Crippen LogP contribution >= 0.6 is 0 Å². The largest absolute Gasteiger partial charge is 0.295 e. The molecule has 3 rings (SSSR count). The zero-order chi connectivity index (χ0) is 17.9. The third-order valence-electron chi connectivity index (χ3n) is 4.78. The molecular formula is C20H23NO3S. The molecule has 2 aromatic rings. The smallest absolute Gasteiger partial charge is 0.243 e. The molecule has 4 nitrogen and oxygen atoms in total. The van der Waals surface area contributed by atoms with Gasteiger partial charge in [0.25, 0.3) is 0 Å². The van der Waals surface area contributed by atoms with E-state index in [0.29, 0.717) is 18.7 Å². The molecule has 1 aliphatic heterocycles. The molecule has 0 aliphatic carbocycles. The number of ketones is 1. The molecule has 0 N–H and O–H groups in total. The summed E-state index contributed by atoms with van der Waals surface area (Å²) in [7, 11) is -3.60. The summed E-state index contributed by atoms with van der Waals surface area (Å²) >= 11 is 0. The molecule has 0 radical (unpaired) electrons. The van der Waals surface area contributed by atoms with Crippen LogP contribution in [0.15, 0.2) is 59.5 Å². The van der Waals surface area contributed by atoms with Crippen molar-refractivity contribution in [3.8, 4) is 0 Å². The number of carbonyl (C=O) groups excluding carboxylic acids is 1. The molecule has 25 heavy (non-hydrogen) atoms. The van der Waals surface area contributed by atoms with Crippen LogP contribution in [0.4, 0.5) is 0 Å². The van der Waals surface area contributed by atoms with E-state index in [-0.39, 0.29) is 16.6 Å². The van der Waals surface area contributed by atoms with Gasteiger partial charge in [0.1, 0.15) is 0 Å². The molecule has 1 unspecified atom stereocenters. The van der Waals surface area contributed by atoms with E-state index in [4.69, 9.17) is 0 Å². The molecule has 1 saturated heterocycles. The zero-order valence-corrected chi connectivity index (χ0v) is 15.2. The van der Waals surface area contributed by atoms with Gasteiger partial charge in [-0.1, -0.05) is 48.9 Å². The third kappa shape index (κ3) is 3.99. The van der Waals surface area contributed by atoms with E-state index in [0.717, 1.165) is 19.3 Å². The standard InChI is InChI=1S/C20H23NO3S/c1-16(22)18-11-7-12-20(14-18)25(23,24)21-13-6-5-10-19(15-21)17-8-3-2-4-9-17/h2-4,7-9,11-12,14,19H,5-6,10,13,15H2,1H3. The first kappa shape index (κ1) is 17.8. The molecule has 1 aliphatic rings. The highest BCUT2D eigenvalue weighted by Gasteiger charge is 2.29. The van der Waals surface area contributed by atoms with E-state index in [1.807, 2.05) is 18.2 Å². The van der Waals surface area contributed by atoms with E-state index in [1.54, 1.807) is 22.5 Å². The lowest BCUT2D eigenvalue weighted by atomic mass is 9.95. The van der Waals surface area contributed by atoms with Crippen LogP contribution in [0.2, 0.25) is 0 Å². The molecule has 0 bridgehead atoms. The van der Waals surface area contributed by atoms with Gasteiger partial charge in [-0.2, -0.15) is 4.31 Å². The van der Waals surface area contributed by atoms with Gasteiger partial charge in [-0.05, 0) is 43.4 Å². The third-order valence-corrected chi connectivity index (χ3v) is 6.64. The van der Waals surface area contributed by atoms with Gasteiger partial charge in [-0.15, -0.1) is 0 Å². The first-order chi connectivity index (χ1) is 12.0. The van der Waals surface area contributed by atoms with Crippen LogP contribution < -0.4 is 0 Å². The number of rotatable bonds is 4. The molecule has 132 valence electrons. The predicted octanol–water partition coefficient (Wildman–Crippen LogP) is 3.85. The van der Waals surface area contributed by atoms with Crippen molar-refractivity contribution < 1.29 is 13.2 Å². The molecule has 2 aromatic carbocycles. The van der Waals surface area contributed by atoms with Crippen molar-refractivity contribution in [2.45, 2.75) is 37.0 Å². The summed E-state index contributed by atoms with van der Waals surface area (Å²) in [6.45, 7) is 2.45. The Kier molecular flexibility index (Phi) is 5.35. The monoisotopic (exact) mass is 357 g/mol. The summed E-state index contributed by atoms with van der Waals surface area (Å²) in [5.41, 5.74) is 1.61. The SMILES string of the molecule is CC(=O)c1cccc(S(=O)(=O)N2CCCCC(c3ccccc3)C2)c1. The lowest BCUT2D eigenvalue weighted by Crippen LogP contribution is -2.34. The van der Waals surface area contributed by atoms with E-state index >= 15 is 0 Å². The van der Waals surface area contributed by atoms with Gasteiger partial charge in [0, 0.05) is 18.7 Å². The average molecular weight is 357 g/mol. The van der Waals surface area contributed by atoms with Crippen LogP contribution in [-0.4, -0.2) is 31.6 Å². The van der Waals surface area contributed by atoms with E-state index in [2.05, 4.69) is 12.1 Å². The second-order valence-electron chi connectivity index (χ2n) is 6.55. The Labute approximate surface area is 149 Å². The zero-order valence-electron chi connectivity index (χ0n) is 14.4. The normalized spacial score (nSPS) is 19.3. The summed E-state index contributed by atoms with van der Waals surface area (Å²) in [5.74, 6) is 0.0737. The lowest BCUT2D eigenvalue weighted by molar-refractivity contribution is 0.101. The Hall–Kier alpha value is -1.98. The minimum absolute atomic E-state index is 0.130. The van der Waals surface area contributed by atoms with Crippen LogP contribution in [0.1, 0.15) is 48.0 Å². The molecule has 1 heterocycles. The van der Waals surface area contributed by atoms with Crippen LogP contribution in [0.3, 0.4) is 0 Å². The van der Waals surface area contributed by atoms with E-state index < -0.39 is 10.0 Å². The fraction of sp³-hybridized carbons (Fsp3) is 0.350. The van der Waals surface area contributed by atoms with Crippen molar-refractivity contribution in [2.75, 3.05) is 13.1 Å². The fourth-order valence-electron chi connectivity index (χ4n) is 3.35. The Morgan fingerprint density at radius 2 is 1.80 bits per heavy atom. The van der Waals surface area contributed by atoms with Crippen LogP contribution in [0, 0.1) is 0 Å². The van der Waals surface area contributed by atoms with Gasteiger partial charge in [0.15, 0.2) is 5.78 Å². The lowest BCUT2D eigenvalue weighted by Gasteiger charge is -2.24. The average Bonchev–Trinajstić information content (AvgIpc) is 2.89. The maximum atomic E-state index is 13.1. The van der Waals surface area contributed by atoms with Crippen molar-refractivity contribution in [3.63, 3.8) is 0 Å². The first-order valence-corrected chi connectivity index (χ1v) is 10.1. The predicted molar refractivity (Wildman–Crippen MR) is 98.2 cm³/mol.